The van der Waals surface area contributed by atoms with Gasteiger partial charge in [0.1, 0.15) is 5.82 Å². The van der Waals surface area contributed by atoms with Crippen molar-refractivity contribution < 1.29 is 13.9 Å². The first-order chi connectivity index (χ1) is 14.1. The molecule has 1 unspecified atom stereocenters. The van der Waals surface area contributed by atoms with E-state index < -0.39 is 0 Å². The Bertz CT molecular complexity index is 779. The lowest BCUT2D eigenvalue weighted by atomic mass is 9.79. The predicted molar refractivity (Wildman–Crippen MR) is 112 cm³/mol. The molecule has 0 bridgehead atoms. The minimum absolute atomic E-state index is 0.0803. The Morgan fingerprint density at radius 1 is 1.10 bits per heavy atom. The quantitative estimate of drug-likeness (QED) is 0.778. The number of likely N-dealkylation sites (tertiary alicyclic amines) is 1. The van der Waals surface area contributed by atoms with Gasteiger partial charge in [-0.2, -0.15) is 0 Å². The van der Waals surface area contributed by atoms with E-state index in [4.69, 9.17) is 4.74 Å². The van der Waals surface area contributed by atoms with Crippen LogP contribution in [-0.4, -0.2) is 62.3 Å². The van der Waals surface area contributed by atoms with Crippen molar-refractivity contribution in [1.82, 2.24) is 4.90 Å². The fourth-order valence-electron chi connectivity index (χ4n) is 5.93. The first-order valence-electron chi connectivity index (χ1n) is 11.3. The van der Waals surface area contributed by atoms with Gasteiger partial charge in [0, 0.05) is 50.6 Å². The van der Waals surface area contributed by atoms with Gasteiger partial charge >= 0.3 is 0 Å². The lowest BCUT2D eigenvalue weighted by molar-refractivity contribution is -0.130. The van der Waals surface area contributed by atoms with Crippen LogP contribution in [0.5, 0.6) is 0 Å². The molecule has 5 nitrogen and oxygen atoms in total. The Balaban J connectivity index is 1.29. The Labute approximate surface area is 172 Å². The maximum atomic E-state index is 15.1. The molecular weight excluding hydrogens is 369 g/mol. The molecule has 4 saturated heterocycles. The summed E-state index contributed by atoms with van der Waals surface area (Å²) in [5.41, 5.74) is 1.04. The highest BCUT2D eigenvalue weighted by Crippen LogP contribution is 2.43. The molecule has 4 fully saturated rings. The number of ether oxygens (including phenoxy) is 1. The highest BCUT2D eigenvalue weighted by molar-refractivity contribution is 6.00. The highest BCUT2D eigenvalue weighted by Gasteiger charge is 2.48. The molecule has 0 saturated carbocycles. The number of hydrogen-bond acceptors (Lipinski definition) is 4. The monoisotopic (exact) mass is 401 g/mol. The van der Waals surface area contributed by atoms with E-state index in [1.54, 1.807) is 11.0 Å². The number of carbonyl (C=O) groups is 1. The van der Waals surface area contributed by atoms with Gasteiger partial charge in [-0.1, -0.05) is 0 Å². The van der Waals surface area contributed by atoms with Gasteiger partial charge in [-0.05, 0) is 70.2 Å². The molecule has 0 radical (unpaired) electrons. The third kappa shape index (κ3) is 3.34. The number of hydrogen-bond donors (Lipinski definition) is 0. The fraction of sp³-hybridized carbons (Fsp3) is 0.696. The number of benzene rings is 1. The number of rotatable bonds is 3. The van der Waals surface area contributed by atoms with Gasteiger partial charge in [0.15, 0.2) is 0 Å². The van der Waals surface area contributed by atoms with Crippen molar-refractivity contribution in [2.45, 2.75) is 57.5 Å². The zero-order valence-electron chi connectivity index (χ0n) is 17.4. The highest BCUT2D eigenvalue weighted by atomic mass is 19.1. The van der Waals surface area contributed by atoms with E-state index in [1.807, 2.05) is 12.1 Å². The SMILES string of the molecule is C[C@H]1CCCN1C1CCN(c2ccc(N3CCC4(CCOCC4)C3=O)c(F)c2)C1. The molecule has 6 heteroatoms. The molecule has 4 aliphatic rings. The molecule has 29 heavy (non-hydrogen) atoms. The summed E-state index contributed by atoms with van der Waals surface area (Å²) in [6.45, 7) is 7.32. The van der Waals surface area contributed by atoms with Crippen LogP contribution >= 0.6 is 0 Å². The van der Waals surface area contributed by atoms with Gasteiger partial charge in [0.2, 0.25) is 5.91 Å². The summed E-state index contributed by atoms with van der Waals surface area (Å²) in [6, 6.07) is 6.68. The molecule has 1 amide bonds. The summed E-state index contributed by atoms with van der Waals surface area (Å²) in [6.07, 6.45) is 6.04. The van der Waals surface area contributed by atoms with Crippen molar-refractivity contribution in [3.8, 4) is 0 Å². The topological polar surface area (TPSA) is 36.0 Å². The molecule has 0 aliphatic carbocycles. The fourth-order valence-corrected chi connectivity index (χ4v) is 5.93. The van der Waals surface area contributed by atoms with Crippen LogP contribution in [0.3, 0.4) is 0 Å². The molecule has 4 heterocycles. The summed E-state index contributed by atoms with van der Waals surface area (Å²) < 4.78 is 20.5. The third-order valence-electron chi connectivity index (χ3n) is 7.79. The second-order valence-electron chi connectivity index (χ2n) is 9.35. The first-order valence-corrected chi connectivity index (χ1v) is 11.3. The molecule has 1 spiro atoms. The first kappa shape index (κ1) is 19.3. The van der Waals surface area contributed by atoms with Gasteiger partial charge in [-0.25, -0.2) is 4.39 Å². The average molecular weight is 402 g/mol. The molecule has 158 valence electrons. The van der Waals surface area contributed by atoms with E-state index >= 15 is 4.39 Å². The molecule has 0 N–H and O–H groups in total. The number of anilines is 2. The number of nitrogens with zero attached hydrogens (tertiary/aromatic N) is 3. The summed E-state index contributed by atoms with van der Waals surface area (Å²) in [7, 11) is 0. The number of carbonyl (C=O) groups excluding carboxylic acids is 1. The van der Waals surface area contributed by atoms with Crippen LogP contribution in [0.15, 0.2) is 18.2 Å². The van der Waals surface area contributed by atoms with Crippen LogP contribution < -0.4 is 9.80 Å². The second-order valence-corrected chi connectivity index (χ2v) is 9.35. The standard InChI is InChI=1S/C23H32FN3O2/c1-17-3-2-10-26(17)19-6-11-25(16-19)18-4-5-21(20(24)15-18)27-12-7-23(22(27)28)8-13-29-14-9-23/h4-5,15,17,19H,2-3,6-14,16H2,1H3/t17-,19?/m0/s1. The average Bonchev–Trinajstić information content (AvgIpc) is 3.44. The Kier molecular flexibility index (Phi) is 5.03. The molecule has 0 aromatic heterocycles. The second kappa shape index (κ2) is 7.55. The Hall–Kier alpha value is -1.66. The Morgan fingerprint density at radius 2 is 1.93 bits per heavy atom. The zero-order valence-corrected chi connectivity index (χ0v) is 17.4. The van der Waals surface area contributed by atoms with Gasteiger partial charge < -0.3 is 14.5 Å². The normalized spacial score (nSPS) is 30.1. The molecule has 1 aromatic carbocycles. The van der Waals surface area contributed by atoms with Crippen molar-refractivity contribution in [3.63, 3.8) is 0 Å². The van der Waals surface area contributed by atoms with Crippen LogP contribution in [0.2, 0.25) is 0 Å². The van der Waals surface area contributed by atoms with E-state index in [9.17, 15) is 4.79 Å². The summed E-state index contributed by atoms with van der Waals surface area (Å²) >= 11 is 0. The van der Waals surface area contributed by atoms with Crippen molar-refractivity contribution in [2.24, 2.45) is 5.41 Å². The largest absolute Gasteiger partial charge is 0.381 e. The lowest BCUT2D eigenvalue weighted by Gasteiger charge is -2.31. The van der Waals surface area contributed by atoms with Crippen molar-refractivity contribution in [1.29, 1.82) is 0 Å². The molecular formula is C23H32FN3O2. The van der Waals surface area contributed by atoms with E-state index in [0.717, 1.165) is 44.5 Å². The number of amides is 1. The van der Waals surface area contributed by atoms with Crippen LogP contribution in [0.4, 0.5) is 15.8 Å². The maximum Gasteiger partial charge on any atom is 0.233 e. The molecule has 1 aromatic rings. The third-order valence-corrected chi connectivity index (χ3v) is 7.79. The minimum atomic E-state index is -0.335. The van der Waals surface area contributed by atoms with E-state index in [2.05, 4.69) is 16.7 Å². The molecule has 2 atom stereocenters. The molecule has 5 rings (SSSR count). The van der Waals surface area contributed by atoms with E-state index in [-0.39, 0.29) is 17.1 Å². The molecule has 4 aliphatic heterocycles. The summed E-state index contributed by atoms with van der Waals surface area (Å²) in [5.74, 6) is -0.199. The number of halogens is 1. The van der Waals surface area contributed by atoms with Gasteiger partial charge in [0.05, 0.1) is 11.1 Å². The maximum absolute atomic E-state index is 15.1. The van der Waals surface area contributed by atoms with Crippen molar-refractivity contribution in [2.75, 3.05) is 49.2 Å². The van der Waals surface area contributed by atoms with Crippen LogP contribution in [-0.2, 0) is 9.53 Å². The van der Waals surface area contributed by atoms with E-state index in [1.165, 1.54) is 19.4 Å². The summed E-state index contributed by atoms with van der Waals surface area (Å²) in [4.78, 5) is 19.7. The summed E-state index contributed by atoms with van der Waals surface area (Å²) in [5, 5.41) is 0. The van der Waals surface area contributed by atoms with Gasteiger partial charge in [-0.15, -0.1) is 0 Å². The lowest BCUT2D eigenvalue weighted by Crippen LogP contribution is -2.39. The van der Waals surface area contributed by atoms with Crippen molar-refractivity contribution >= 4 is 17.3 Å². The smallest absolute Gasteiger partial charge is 0.233 e. The van der Waals surface area contributed by atoms with E-state index in [0.29, 0.717) is 37.5 Å². The van der Waals surface area contributed by atoms with Crippen LogP contribution in [0.1, 0.15) is 45.4 Å². The predicted octanol–water partition coefficient (Wildman–Crippen LogP) is 3.42. The van der Waals surface area contributed by atoms with Crippen LogP contribution in [0, 0.1) is 11.2 Å². The van der Waals surface area contributed by atoms with Crippen molar-refractivity contribution in [3.05, 3.63) is 24.0 Å². The zero-order chi connectivity index (χ0) is 20.0. The minimum Gasteiger partial charge on any atom is -0.381 e. The van der Waals surface area contributed by atoms with Gasteiger partial charge in [-0.3, -0.25) is 9.69 Å². The van der Waals surface area contributed by atoms with Gasteiger partial charge in [0.25, 0.3) is 0 Å². The van der Waals surface area contributed by atoms with Crippen LogP contribution in [0.25, 0.3) is 0 Å². The Morgan fingerprint density at radius 3 is 2.66 bits per heavy atom.